The van der Waals surface area contributed by atoms with Gasteiger partial charge < -0.3 is 9.84 Å². The van der Waals surface area contributed by atoms with Gasteiger partial charge in [0.15, 0.2) is 0 Å². The number of esters is 1. The van der Waals surface area contributed by atoms with Gasteiger partial charge in [-0.05, 0) is 6.92 Å². The molecule has 0 unspecified atom stereocenters. The van der Waals surface area contributed by atoms with E-state index in [0.717, 1.165) is 0 Å². The highest BCUT2D eigenvalue weighted by molar-refractivity contribution is 5.90. The van der Waals surface area contributed by atoms with Gasteiger partial charge in [-0.3, -0.25) is 9.59 Å². The maximum atomic E-state index is 10.3. The molecule has 4 nitrogen and oxygen atoms in total. The largest absolute Gasteiger partial charge is 0.481 e. The summed E-state index contributed by atoms with van der Waals surface area (Å²) in [7, 11) is 0. The van der Waals surface area contributed by atoms with Gasteiger partial charge in [0.05, 0.1) is 6.61 Å². The molecule has 0 atom stereocenters. The van der Waals surface area contributed by atoms with E-state index in [9.17, 15) is 9.59 Å². The zero-order valence-electron chi connectivity index (χ0n) is 5.09. The number of carbonyl (C=O) groups excluding carboxylic acids is 1. The number of carbonyl (C=O) groups is 2. The molecular formula is C5H8O4. The topological polar surface area (TPSA) is 63.6 Å². The van der Waals surface area contributed by atoms with Crippen molar-refractivity contribution < 1.29 is 19.4 Å². The molecule has 52 valence electrons. The zero-order valence-corrected chi connectivity index (χ0v) is 5.09. The van der Waals surface area contributed by atoms with Crippen molar-refractivity contribution in [3.05, 3.63) is 0 Å². The highest BCUT2D eigenvalue weighted by Gasteiger charge is 2.06. The summed E-state index contributed by atoms with van der Waals surface area (Å²) < 4.78 is 4.33. The molecule has 0 rings (SSSR count). The van der Waals surface area contributed by atoms with E-state index in [1.54, 1.807) is 6.92 Å². The van der Waals surface area contributed by atoms with Crippen LogP contribution in [0.1, 0.15) is 13.3 Å². The number of hydrogen-bond donors (Lipinski definition) is 1. The first-order valence-electron chi connectivity index (χ1n) is 2.54. The molecule has 0 amide bonds. The Kier molecular flexibility index (Phi) is 3.43. The van der Waals surface area contributed by atoms with Gasteiger partial charge in [-0.15, -0.1) is 0 Å². The minimum absolute atomic E-state index is 0.228. The fourth-order valence-corrected chi connectivity index (χ4v) is 0.335. The minimum Gasteiger partial charge on any atom is -0.481 e. The maximum Gasteiger partial charge on any atom is 0.317 e. The molecule has 0 fully saturated rings. The van der Waals surface area contributed by atoms with Crippen LogP contribution in [-0.4, -0.2) is 23.7 Å². The molecular weight excluding hydrogens is 127 g/mol. The smallest absolute Gasteiger partial charge is 0.317 e. The van der Waals surface area contributed by atoms with E-state index in [4.69, 9.17) is 5.11 Å². The van der Waals surface area contributed by atoms with Crippen molar-refractivity contribution in [2.75, 3.05) is 6.61 Å². The second-order valence-electron chi connectivity index (χ2n) is 1.38. The number of hydrogen-bond acceptors (Lipinski definition) is 3. The summed E-state index contributed by atoms with van der Waals surface area (Å²) in [5, 5.41) is 8.01. The van der Waals surface area contributed by atoms with Crippen LogP contribution in [0, 0.1) is 0 Å². The normalized spacial score (nSPS) is 8.56. The fraction of sp³-hybridized carbons (Fsp3) is 0.600. The lowest BCUT2D eigenvalue weighted by atomic mass is 10.9. The summed E-state index contributed by atoms with van der Waals surface area (Å²) in [6.45, 7) is 1.85. The first kappa shape index (κ1) is 7.94. The molecule has 0 bridgehead atoms. The molecule has 4 heteroatoms. The predicted octanol–water partition coefficient (Wildman–Crippen LogP) is 0.0242. The zero-order chi connectivity index (χ0) is 7.28. The van der Waals surface area contributed by atoms with Gasteiger partial charge in [0, 0.05) is 0 Å². The molecule has 0 aromatic carbocycles. The summed E-state index contributed by atoms with van der Waals surface area (Å²) >= 11 is 0. The maximum absolute atomic E-state index is 10.3. The Morgan fingerprint density at radius 2 is 2.11 bits per heavy atom. The van der Waals surface area contributed by atoms with Crippen LogP contribution < -0.4 is 0 Å². The molecule has 0 heterocycles. The lowest BCUT2D eigenvalue weighted by Crippen LogP contribution is -2.09. The lowest BCUT2D eigenvalue weighted by molar-refractivity contribution is -0.150. The standard InChI is InChI=1S/C5H8O4/c1-2-9-5(8)3-4(6)7/h2-3H2,1H3,(H,6,7)/i3+1,4+1,5+1. The number of carboxylic acids is 1. The third-order valence-corrected chi connectivity index (χ3v) is 0.601. The Balaban J connectivity index is 3.39. The molecule has 1 N–H and O–H groups in total. The predicted molar refractivity (Wildman–Crippen MR) is 28.9 cm³/mol. The van der Waals surface area contributed by atoms with Crippen LogP contribution in [0.3, 0.4) is 0 Å². The monoisotopic (exact) mass is 135 g/mol. The lowest BCUT2D eigenvalue weighted by Gasteiger charge is -1.95. The highest BCUT2D eigenvalue weighted by atomic mass is 16.6. The van der Waals surface area contributed by atoms with Crippen LogP contribution in [0.2, 0.25) is 0 Å². The van der Waals surface area contributed by atoms with Gasteiger partial charge in [-0.25, -0.2) is 0 Å². The van der Waals surface area contributed by atoms with Crippen LogP contribution in [0.4, 0.5) is 0 Å². The molecule has 0 aliphatic carbocycles. The number of aliphatic carboxylic acids is 1. The Labute approximate surface area is 52.4 Å². The van der Waals surface area contributed by atoms with Crippen LogP contribution in [0.15, 0.2) is 0 Å². The van der Waals surface area contributed by atoms with Gasteiger partial charge in [0.25, 0.3) is 0 Å². The molecule has 0 aromatic heterocycles. The Morgan fingerprint density at radius 3 is 2.44 bits per heavy atom. The fourth-order valence-electron chi connectivity index (χ4n) is 0.335. The quantitative estimate of drug-likeness (QED) is 0.336. The summed E-state index contributed by atoms with van der Waals surface area (Å²) in [4.78, 5) is 20.0. The van der Waals surface area contributed by atoms with Crippen molar-refractivity contribution in [1.29, 1.82) is 0 Å². The second kappa shape index (κ2) is 3.88. The van der Waals surface area contributed by atoms with Crippen molar-refractivity contribution in [2.24, 2.45) is 0 Å². The Morgan fingerprint density at radius 1 is 1.56 bits per heavy atom. The van der Waals surface area contributed by atoms with Gasteiger partial charge in [0.2, 0.25) is 0 Å². The minimum atomic E-state index is -1.16. The first-order valence-corrected chi connectivity index (χ1v) is 2.54. The van der Waals surface area contributed by atoms with Crippen LogP contribution in [-0.2, 0) is 14.3 Å². The van der Waals surface area contributed by atoms with Crippen molar-refractivity contribution >= 4 is 11.9 Å². The average Bonchev–Trinajstić information content (AvgIpc) is 1.63. The summed E-state index contributed by atoms with van der Waals surface area (Å²) in [6.07, 6.45) is -0.548. The van der Waals surface area contributed by atoms with E-state index in [1.165, 1.54) is 0 Å². The third kappa shape index (κ3) is 4.80. The molecule has 0 radical (unpaired) electrons. The molecule has 0 saturated carbocycles. The van der Waals surface area contributed by atoms with Crippen molar-refractivity contribution in [1.82, 2.24) is 0 Å². The van der Waals surface area contributed by atoms with Gasteiger partial charge in [-0.1, -0.05) is 0 Å². The van der Waals surface area contributed by atoms with E-state index in [-0.39, 0.29) is 6.61 Å². The second-order valence-corrected chi connectivity index (χ2v) is 1.38. The highest BCUT2D eigenvalue weighted by Crippen LogP contribution is 1.84. The first-order chi connectivity index (χ1) is 4.16. The molecule has 0 spiro atoms. The molecule has 0 aliphatic heterocycles. The summed E-state index contributed by atoms with van der Waals surface area (Å²) in [5.41, 5.74) is 0. The molecule has 0 aliphatic rings. The van der Waals surface area contributed by atoms with Crippen molar-refractivity contribution in [3.63, 3.8) is 0 Å². The van der Waals surface area contributed by atoms with Crippen LogP contribution >= 0.6 is 0 Å². The summed E-state index contributed by atoms with van der Waals surface area (Å²) in [6, 6.07) is 0. The SMILES string of the molecule is CCO[13C](=O)[13CH2][13C](=O)O. The van der Waals surface area contributed by atoms with Crippen LogP contribution in [0.25, 0.3) is 0 Å². The van der Waals surface area contributed by atoms with E-state index < -0.39 is 18.4 Å². The Bertz CT molecular complexity index is 118. The van der Waals surface area contributed by atoms with Crippen molar-refractivity contribution in [2.45, 2.75) is 13.3 Å². The summed E-state index contributed by atoms with van der Waals surface area (Å²) in [5.74, 6) is -1.85. The Hall–Kier alpha value is -1.06. The van der Waals surface area contributed by atoms with E-state index in [2.05, 4.69) is 4.74 Å². The van der Waals surface area contributed by atoms with E-state index >= 15 is 0 Å². The molecule has 0 saturated heterocycles. The van der Waals surface area contributed by atoms with Gasteiger partial charge in [0.1, 0.15) is 6.42 Å². The number of carboxylic acid groups (broad SMARTS) is 1. The molecule has 9 heavy (non-hydrogen) atoms. The third-order valence-electron chi connectivity index (χ3n) is 0.601. The van der Waals surface area contributed by atoms with Crippen molar-refractivity contribution in [3.8, 4) is 0 Å². The van der Waals surface area contributed by atoms with Gasteiger partial charge in [-0.2, -0.15) is 0 Å². The molecule has 0 aromatic rings. The van der Waals surface area contributed by atoms with E-state index in [1.807, 2.05) is 0 Å². The van der Waals surface area contributed by atoms with Gasteiger partial charge >= 0.3 is 11.9 Å². The number of ether oxygens (including phenoxy) is 1. The van der Waals surface area contributed by atoms with E-state index in [0.29, 0.717) is 0 Å². The van der Waals surface area contributed by atoms with Crippen LogP contribution in [0.5, 0.6) is 0 Å². The average molecular weight is 135 g/mol. The number of rotatable bonds is 3.